The number of pyridine rings is 1. The molecular weight excluding hydrogens is 451 g/mol. The highest BCUT2D eigenvalue weighted by molar-refractivity contribution is 5.65. The predicted molar refractivity (Wildman–Crippen MR) is 131 cm³/mol. The van der Waals surface area contributed by atoms with Gasteiger partial charge in [0.05, 0.1) is 13.2 Å². The number of aryl methyl sites for hydroxylation is 2. The molecule has 0 aliphatic heterocycles. The lowest BCUT2D eigenvalue weighted by Crippen LogP contribution is -2.00. The molecular formula is C29H26F3NO2. The maximum absolute atomic E-state index is 14.8. The van der Waals surface area contributed by atoms with Crippen LogP contribution >= 0.6 is 0 Å². The van der Waals surface area contributed by atoms with Crippen molar-refractivity contribution in [2.75, 3.05) is 13.2 Å². The van der Waals surface area contributed by atoms with E-state index >= 15 is 0 Å². The average molecular weight is 478 g/mol. The molecule has 0 saturated heterocycles. The summed E-state index contributed by atoms with van der Waals surface area (Å²) in [5, 5.41) is 0. The van der Waals surface area contributed by atoms with Gasteiger partial charge in [-0.1, -0.05) is 42.5 Å². The van der Waals surface area contributed by atoms with Gasteiger partial charge in [-0.3, -0.25) is 0 Å². The largest absolute Gasteiger partial charge is 0.491 e. The van der Waals surface area contributed by atoms with E-state index in [2.05, 4.69) is 4.98 Å². The summed E-state index contributed by atoms with van der Waals surface area (Å²) in [6.07, 6.45) is 2.36. The maximum atomic E-state index is 14.8. The Kier molecular flexibility index (Phi) is 7.70. The number of rotatable bonds is 9. The van der Waals surface area contributed by atoms with E-state index in [9.17, 15) is 13.2 Å². The monoisotopic (exact) mass is 477 g/mol. The number of benzene rings is 3. The zero-order chi connectivity index (χ0) is 24.8. The van der Waals surface area contributed by atoms with Crippen LogP contribution in [0.3, 0.4) is 0 Å². The molecule has 0 fully saturated rings. The molecule has 6 heteroatoms. The lowest BCUT2D eigenvalue weighted by atomic mass is 9.98. The number of hydrogen-bond donors (Lipinski definition) is 0. The number of aromatic nitrogens is 1. The molecule has 0 saturated carbocycles. The third-order valence-corrected chi connectivity index (χ3v) is 5.70. The van der Waals surface area contributed by atoms with Gasteiger partial charge < -0.3 is 9.47 Å². The van der Waals surface area contributed by atoms with E-state index in [4.69, 9.17) is 9.47 Å². The fourth-order valence-electron chi connectivity index (χ4n) is 3.87. The molecule has 0 radical (unpaired) electrons. The Hall–Kier alpha value is -3.80. The lowest BCUT2D eigenvalue weighted by Gasteiger charge is -2.10. The molecule has 0 N–H and O–H groups in total. The quantitative estimate of drug-likeness (QED) is 0.251. The summed E-state index contributed by atoms with van der Waals surface area (Å²) in [5.41, 5.74) is 3.53. The highest BCUT2D eigenvalue weighted by atomic mass is 19.2. The van der Waals surface area contributed by atoms with Gasteiger partial charge in [0.2, 0.25) is 5.88 Å². The van der Waals surface area contributed by atoms with Crippen molar-refractivity contribution in [1.82, 2.24) is 4.98 Å². The molecule has 35 heavy (non-hydrogen) atoms. The molecule has 0 bridgehead atoms. The van der Waals surface area contributed by atoms with Crippen LogP contribution in [0.4, 0.5) is 13.2 Å². The normalized spacial score (nSPS) is 10.9. The van der Waals surface area contributed by atoms with Crippen molar-refractivity contribution in [3.05, 3.63) is 102 Å². The summed E-state index contributed by atoms with van der Waals surface area (Å²) >= 11 is 0. The van der Waals surface area contributed by atoms with Crippen molar-refractivity contribution in [3.8, 4) is 33.9 Å². The summed E-state index contributed by atoms with van der Waals surface area (Å²) in [6.45, 7) is 4.53. The van der Waals surface area contributed by atoms with E-state index in [1.165, 1.54) is 12.3 Å². The summed E-state index contributed by atoms with van der Waals surface area (Å²) in [5.74, 6) is -1.48. The van der Waals surface area contributed by atoms with Crippen LogP contribution in [-0.4, -0.2) is 18.2 Å². The van der Waals surface area contributed by atoms with Gasteiger partial charge in [0.25, 0.3) is 0 Å². The minimum atomic E-state index is -0.888. The Labute approximate surface area is 203 Å². The minimum absolute atomic E-state index is 0.161. The van der Waals surface area contributed by atoms with Gasteiger partial charge in [0.15, 0.2) is 23.2 Å². The number of halogens is 3. The second-order valence-electron chi connectivity index (χ2n) is 7.99. The average Bonchev–Trinajstić information content (AvgIpc) is 2.87. The van der Waals surface area contributed by atoms with Crippen LogP contribution in [0.15, 0.2) is 72.9 Å². The minimum Gasteiger partial charge on any atom is -0.491 e. The fraction of sp³-hybridized carbons (Fsp3) is 0.207. The third-order valence-electron chi connectivity index (χ3n) is 5.70. The molecule has 0 unspecified atom stereocenters. The first-order valence-corrected chi connectivity index (χ1v) is 11.6. The summed E-state index contributed by atoms with van der Waals surface area (Å²) < 4.78 is 54.3. The van der Waals surface area contributed by atoms with Crippen LogP contribution < -0.4 is 9.47 Å². The fourth-order valence-corrected chi connectivity index (χ4v) is 3.87. The molecule has 0 aliphatic carbocycles. The van der Waals surface area contributed by atoms with E-state index in [-0.39, 0.29) is 11.3 Å². The van der Waals surface area contributed by atoms with E-state index in [0.29, 0.717) is 43.1 Å². The molecule has 0 amide bonds. The van der Waals surface area contributed by atoms with Crippen LogP contribution in [0.25, 0.3) is 22.3 Å². The van der Waals surface area contributed by atoms with Gasteiger partial charge in [0, 0.05) is 23.4 Å². The smallest absolute Gasteiger partial charge is 0.213 e. The molecule has 4 rings (SSSR count). The van der Waals surface area contributed by atoms with Crippen LogP contribution in [0, 0.1) is 17.5 Å². The Bertz CT molecular complexity index is 1290. The van der Waals surface area contributed by atoms with Gasteiger partial charge >= 0.3 is 0 Å². The van der Waals surface area contributed by atoms with Crippen molar-refractivity contribution < 1.29 is 22.6 Å². The second-order valence-corrected chi connectivity index (χ2v) is 7.99. The van der Waals surface area contributed by atoms with Gasteiger partial charge in [-0.15, -0.1) is 0 Å². The molecule has 3 nitrogen and oxygen atoms in total. The van der Waals surface area contributed by atoms with Crippen molar-refractivity contribution >= 4 is 0 Å². The molecule has 4 aromatic rings. The van der Waals surface area contributed by atoms with Crippen LogP contribution in [0.1, 0.15) is 25.0 Å². The standard InChI is InChI=1S/C29H26F3NO2/c1-3-34-26-15-12-22(17-25(26)30)20-8-5-19(6-9-20)7-10-21-11-14-24(29(32)28(21)31)23-13-16-27(33-18-23)35-4-2/h5-6,8-9,11-18H,3-4,7,10H2,1-2H3. The molecule has 3 aromatic carbocycles. The summed E-state index contributed by atoms with van der Waals surface area (Å²) in [6, 6.07) is 19.0. The zero-order valence-electron chi connectivity index (χ0n) is 19.7. The van der Waals surface area contributed by atoms with Gasteiger partial charge in [-0.25, -0.2) is 18.2 Å². The van der Waals surface area contributed by atoms with Crippen molar-refractivity contribution in [2.45, 2.75) is 26.7 Å². The Morgan fingerprint density at radius 3 is 2.06 bits per heavy atom. The molecule has 1 aromatic heterocycles. The SMILES string of the molecule is CCOc1ccc(-c2ccc(CCc3ccc(-c4ccc(OCC)c(F)c4)cc3)c(F)c2F)cn1. The molecule has 1 heterocycles. The highest BCUT2D eigenvalue weighted by Gasteiger charge is 2.15. The first-order valence-electron chi connectivity index (χ1n) is 11.6. The van der Waals surface area contributed by atoms with E-state index in [0.717, 1.165) is 16.7 Å². The first kappa shape index (κ1) is 24.3. The van der Waals surface area contributed by atoms with Crippen molar-refractivity contribution in [1.29, 1.82) is 0 Å². The number of hydrogen-bond acceptors (Lipinski definition) is 3. The van der Waals surface area contributed by atoms with Crippen molar-refractivity contribution in [2.24, 2.45) is 0 Å². The second kappa shape index (κ2) is 11.1. The third kappa shape index (κ3) is 5.65. The van der Waals surface area contributed by atoms with E-state index < -0.39 is 17.5 Å². The summed E-state index contributed by atoms with van der Waals surface area (Å²) in [7, 11) is 0. The topological polar surface area (TPSA) is 31.4 Å². The van der Waals surface area contributed by atoms with Crippen LogP contribution in [0.5, 0.6) is 11.6 Å². The van der Waals surface area contributed by atoms with E-state index in [1.807, 2.05) is 37.3 Å². The van der Waals surface area contributed by atoms with Gasteiger partial charge in [0.1, 0.15) is 0 Å². The Morgan fingerprint density at radius 2 is 1.40 bits per heavy atom. The lowest BCUT2D eigenvalue weighted by molar-refractivity contribution is 0.321. The molecule has 180 valence electrons. The molecule has 0 atom stereocenters. The Morgan fingerprint density at radius 1 is 0.686 bits per heavy atom. The highest BCUT2D eigenvalue weighted by Crippen LogP contribution is 2.29. The number of ether oxygens (including phenoxy) is 2. The van der Waals surface area contributed by atoms with Crippen LogP contribution in [-0.2, 0) is 12.8 Å². The first-order chi connectivity index (χ1) is 17.0. The molecule has 0 spiro atoms. The van der Waals surface area contributed by atoms with Crippen molar-refractivity contribution in [3.63, 3.8) is 0 Å². The Balaban J connectivity index is 1.44. The predicted octanol–water partition coefficient (Wildman–Crippen LogP) is 7.42. The maximum Gasteiger partial charge on any atom is 0.213 e. The van der Waals surface area contributed by atoms with Crippen LogP contribution in [0.2, 0.25) is 0 Å². The van der Waals surface area contributed by atoms with Gasteiger partial charge in [-0.2, -0.15) is 0 Å². The van der Waals surface area contributed by atoms with Gasteiger partial charge in [-0.05, 0) is 67.1 Å². The van der Waals surface area contributed by atoms with E-state index in [1.54, 1.807) is 37.3 Å². The molecule has 0 aliphatic rings. The zero-order valence-corrected chi connectivity index (χ0v) is 19.7. The number of nitrogens with zero attached hydrogens (tertiary/aromatic N) is 1. The summed E-state index contributed by atoms with van der Waals surface area (Å²) in [4.78, 5) is 4.12.